The molecule has 120 valence electrons. The first-order valence-electron chi connectivity index (χ1n) is 7.16. The highest BCUT2D eigenvalue weighted by Gasteiger charge is 2.11. The number of imidazole rings is 1. The van der Waals surface area contributed by atoms with Crippen LogP contribution in [0.2, 0.25) is 0 Å². The average Bonchev–Trinajstić information content (AvgIpc) is 2.92. The van der Waals surface area contributed by atoms with Crippen LogP contribution < -0.4 is 4.72 Å². The van der Waals surface area contributed by atoms with E-state index in [4.69, 9.17) is 0 Å². The molecule has 0 amide bonds. The van der Waals surface area contributed by atoms with E-state index < -0.39 is 10.0 Å². The van der Waals surface area contributed by atoms with Crippen LogP contribution in [0, 0.1) is 5.82 Å². The van der Waals surface area contributed by atoms with Crippen molar-refractivity contribution in [1.82, 2.24) is 14.1 Å². The third kappa shape index (κ3) is 4.14. The summed E-state index contributed by atoms with van der Waals surface area (Å²) in [4.78, 5) is 4.41. The van der Waals surface area contributed by atoms with E-state index in [1.807, 2.05) is 35.0 Å². The molecule has 5 nitrogen and oxygen atoms in total. The molecule has 0 aliphatic heterocycles. The number of sulfonamides is 1. The highest BCUT2D eigenvalue weighted by atomic mass is 32.2. The molecule has 0 aliphatic rings. The Morgan fingerprint density at radius 2 is 1.91 bits per heavy atom. The van der Waals surface area contributed by atoms with Crippen LogP contribution in [0.25, 0.3) is 5.65 Å². The average molecular weight is 333 g/mol. The molecular formula is C16H16FN3O2S. The lowest BCUT2D eigenvalue weighted by Gasteiger charge is -2.06. The van der Waals surface area contributed by atoms with Gasteiger partial charge in [0, 0.05) is 25.4 Å². The lowest BCUT2D eigenvalue weighted by Crippen LogP contribution is -2.27. The van der Waals surface area contributed by atoms with Crippen LogP contribution in [-0.4, -0.2) is 24.3 Å². The minimum atomic E-state index is -3.45. The summed E-state index contributed by atoms with van der Waals surface area (Å²) in [5, 5.41) is 0. The predicted octanol–water partition coefficient (Wildman–Crippen LogP) is 2.14. The molecule has 1 aromatic carbocycles. The Morgan fingerprint density at radius 1 is 1.13 bits per heavy atom. The van der Waals surface area contributed by atoms with Crippen molar-refractivity contribution in [3.05, 3.63) is 71.9 Å². The van der Waals surface area contributed by atoms with Gasteiger partial charge in [0.25, 0.3) is 0 Å². The smallest absolute Gasteiger partial charge is 0.215 e. The standard InChI is InChI=1S/C16H16FN3O2S/c17-14-6-4-13(5-7-14)12-23(21,22)18-9-8-15-11-20-10-2-1-3-16(20)19-15/h1-7,10-11,18H,8-9,12H2. The number of rotatable bonds is 6. The number of pyridine rings is 1. The van der Waals surface area contributed by atoms with Crippen LogP contribution in [-0.2, 0) is 22.2 Å². The second-order valence-electron chi connectivity index (χ2n) is 5.23. The van der Waals surface area contributed by atoms with Gasteiger partial charge in [-0.1, -0.05) is 18.2 Å². The molecule has 0 aliphatic carbocycles. The summed E-state index contributed by atoms with van der Waals surface area (Å²) in [6, 6.07) is 11.1. The molecule has 7 heteroatoms. The maximum atomic E-state index is 12.8. The quantitative estimate of drug-likeness (QED) is 0.752. The van der Waals surface area contributed by atoms with E-state index in [1.165, 1.54) is 24.3 Å². The number of halogens is 1. The number of aromatic nitrogens is 2. The Balaban J connectivity index is 1.57. The second-order valence-corrected chi connectivity index (χ2v) is 7.04. The fourth-order valence-electron chi connectivity index (χ4n) is 2.29. The number of benzene rings is 1. The molecule has 0 radical (unpaired) electrons. The molecular weight excluding hydrogens is 317 g/mol. The van der Waals surface area contributed by atoms with Gasteiger partial charge in [-0.3, -0.25) is 0 Å². The summed E-state index contributed by atoms with van der Waals surface area (Å²) >= 11 is 0. The van der Waals surface area contributed by atoms with Crippen molar-refractivity contribution >= 4 is 15.7 Å². The maximum absolute atomic E-state index is 12.8. The zero-order valence-electron chi connectivity index (χ0n) is 12.3. The summed E-state index contributed by atoms with van der Waals surface area (Å²) in [6.45, 7) is 0.271. The van der Waals surface area contributed by atoms with Gasteiger partial charge < -0.3 is 4.40 Å². The number of hydrogen-bond acceptors (Lipinski definition) is 3. The Labute approximate surface area is 133 Å². The van der Waals surface area contributed by atoms with Crippen molar-refractivity contribution in [2.24, 2.45) is 0 Å². The minimum absolute atomic E-state index is 0.168. The van der Waals surface area contributed by atoms with Gasteiger partial charge in [-0.2, -0.15) is 0 Å². The highest BCUT2D eigenvalue weighted by molar-refractivity contribution is 7.88. The monoisotopic (exact) mass is 333 g/mol. The van der Waals surface area contributed by atoms with Crippen LogP contribution in [0.1, 0.15) is 11.3 Å². The fourth-order valence-corrected chi connectivity index (χ4v) is 3.44. The molecule has 0 bridgehead atoms. The molecule has 0 atom stereocenters. The van der Waals surface area contributed by atoms with Crippen molar-refractivity contribution < 1.29 is 12.8 Å². The van der Waals surface area contributed by atoms with Gasteiger partial charge in [0.15, 0.2) is 0 Å². The van der Waals surface area contributed by atoms with Crippen LogP contribution in [0.5, 0.6) is 0 Å². The first-order chi connectivity index (χ1) is 11.0. The molecule has 0 saturated heterocycles. The van der Waals surface area contributed by atoms with Crippen molar-refractivity contribution in [2.45, 2.75) is 12.2 Å². The van der Waals surface area contributed by atoms with Crippen LogP contribution in [0.15, 0.2) is 54.9 Å². The van der Waals surface area contributed by atoms with Crippen LogP contribution in [0.3, 0.4) is 0 Å². The highest BCUT2D eigenvalue weighted by Crippen LogP contribution is 2.08. The predicted molar refractivity (Wildman–Crippen MR) is 85.9 cm³/mol. The largest absolute Gasteiger partial charge is 0.307 e. The second kappa shape index (κ2) is 6.47. The molecule has 0 saturated carbocycles. The summed E-state index contributed by atoms with van der Waals surface area (Å²) in [5.41, 5.74) is 2.20. The number of fused-ring (bicyclic) bond motifs is 1. The van der Waals surface area contributed by atoms with Gasteiger partial charge in [-0.15, -0.1) is 0 Å². The summed E-state index contributed by atoms with van der Waals surface area (Å²) in [7, 11) is -3.45. The van der Waals surface area contributed by atoms with Crippen molar-refractivity contribution in [2.75, 3.05) is 6.54 Å². The molecule has 2 heterocycles. The molecule has 0 unspecified atom stereocenters. The van der Waals surface area contributed by atoms with Gasteiger partial charge in [0.2, 0.25) is 10.0 Å². The summed E-state index contributed by atoms with van der Waals surface area (Å²) in [6.07, 6.45) is 4.28. The van der Waals surface area contributed by atoms with E-state index in [-0.39, 0.29) is 18.1 Å². The first-order valence-corrected chi connectivity index (χ1v) is 8.81. The van der Waals surface area contributed by atoms with E-state index in [1.54, 1.807) is 0 Å². The number of nitrogens with one attached hydrogen (secondary N) is 1. The normalized spacial score (nSPS) is 11.9. The van der Waals surface area contributed by atoms with E-state index in [9.17, 15) is 12.8 Å². The third-order valence-corrected chi connectivity index (χ3v) is 4.74. The van der Waals surface area contributed by atoms with Crippen molar-refractivity contribution in [3.63, 3.8) is 0 Å². The van der Waals surface area contributed by atoms with Gasteiger partial charge in [-0.25, -0.2) is 22.5 Å². The van der Waals surface area contributed by atoms with Crippen LogP contribution >= 0.6 is 0 Å². The van der Waals surface area contributed by atoms with Crippen LogP contribution in [0.4, 0.5) is 4.39 Å². The molecule has 3 aromatic rings. The minimum Gasteiger partial charge on any atom is -0.307 e. The summed E-state index contributed by atoms with van der Waals surface area (Å²) < 4.78 is 41.3. The number of nitrogens with zero attached hydrogens (tertiary/aromatic N) is 2. The SMILES string of the molecule is O=S(=O)(Cc1ccc(F)cc1)NCCc1cn2ccccc2n1. The van der Waals surface area contributed by atoms with Crippen molar-refractivity contribution in [3.8, 4) is 0 Å². The number of hydrogen-bond donors (Lipinski definition) is 1. The molecule has 0 fully saturated rings. The molecule has 1 N–H and O–H groups in total. The molecule has 2 aromatic heterocycles. The van der Waals surface area contributed by atoms with Gasteiger partial charge in [-0.05, 0) is 29.8 Å². The Kier molecular flexibility index (Phi) is 4.40. The van der Waals surface area contributed by atoms with Gasteiger partial charge in [0.1, 0.15) is 11.5 Å². The maximum Gasteiger partial charge on any atom is 0.215 e. The van der Waals surface area contributed by atoms with Gasteiger partial charge in [0.05, 0.1) is 11.4 Å². The van der Waals surface area contributed by atoms with E-state index in [0.717, 1.165) is 11.3 Å². The zero-order valence-corrected chi connectivity index (χ0v) is 13.1. The third-order valence-electron chi connectivity index (χ3n) is 3.39. The Morgan fingerprint density at radius 3 is 2.65 bits per heavy atom. The Bertz CT molecular complexity index is 871. The van der Waals surface area contributed by atoms with E-state index in [0.29, 0.717) is 12.0 Å². The summed E-state index contributed by atoms with van der Waals surface area (Å²) in [5.74, 6) is -0.552. The lowest BCUT2D eigenvalue weighted by atomic mass is 10.2. The van der Waals surface area contributed by atoms with E-state index >= 15 is 0 Å². The molecule has 3 rings (SSSR count). The first kappa shape index (κ1) is 15.6. The lowest BCUT2D eigenvalue weighted by molar-refractivity contribution is 0.580. The Hall–Kier alpha value is -2.25. The molecule has 0 spiro atoms. The van der Waals surface area contributed by atoms with Gasteiger partial charge >= 0.3 is 0 Å². The topological polar surface area (TPSA) is 63.5 Å². The molecule has 23 heavy (non-hydrogen) atoms. The zero-order chi connectivity index (χ0) is 16.3. The fraction of sp³-hybridized carbons (Fsp3) is 0.188. The van der Waals surface area contributed by atoms with Crippen molar-refractivity contribution in [1.29, 1.82) is 0 Å². The van der Waals surface area contributed by atoms with E-state index in [2.05, 4.69) is 9.71 Å².